The first kappa shape index (κ1) is 9.72. The highest BCUT2D eigenvalue weighted by molar-refractivity contribution is 5.82. The predicted octanol–water partition coefficient (Wildman–Crippen LogP) is -1.42. The Labute approximate surface area is 75.2 Å². The van der Waals surface area contributed by atoms with Crippen molar-refractivity contribution in [1.82, 2.24) is 10.9 Å². The van der Waals surface area contributed by atoms with E-state index in [1.54, 1.807) is 12.2 Å². The molecule has 0 aromatic heterocycles. The minimum Gasteiger partial charge on any atom is -0.480 e. The summed E-state index contributed by atoms with van der Waals surface area (Å²) in [7, 11) is 0. The number of nitrogens with two attached hydrogens (primary N) is 2. The van der Waals surface area contributed by atoms with E-state index in [0.717, 1.165) is 0 Å². The third-order valence-corrected chi connectivity index (χ3v) is 1.97. The van der Waals surface area contributed by atoms with E-state index in [0.29, 0.717) is 5.70 Å². The molecule has 13 heavy (non-hydrogen) atoms. The number of aliphatic carboxylic acids is 1. The van der Waals surface area contributed by atoms with Gasteiger partial charge in [-0.15, -0.1) is 0 Å². The maximum Gasteiger partial charge on any atom is 0.329 e. The second kappa shape index (κ2) is 3.56. The normalized spacial score (nSPS) is 26.8. The highest BCUT2D eigenvalue weighted by Crippen LogP contribution is 2.20. The van der Waals surface area contributed by atoms with Crippen LogP contribution >= 0.6 is 0 Å². The van der Waals surface area contributed by atoms with Crippen molar-refractivity contribution in [3.05, 3.63) is 23.9 Å². The Balaban J connectivity index is 2.89. The van der Waals surface area contributed by atoms with Gasteiger partial charge in [-0.1, -0.05) is 12.2 Å². The molecule has 0 saturated carbocycles. The maximum atomic E-state index is 10.9. The van der Waals surface area contributed by atoms with Crippen molar-refractivity contribution < 1.29 is 9.90 Å². The summed E-state index contributed by atoms with van der Waals surface area (Å²) >= 11 is 0. The average molecular weight is 184 g/mol. The smallest absolute Gasteiger partial charge is 0.329 e. The number of carboxylic acid groups (broad SMARTS) is 1. The van der Waals surface area contributed by atoms with Crippen LogP contribution in [0, 0.1) is 0 Å². The molecule has 0 fully saturated rings. The Morgan fingerprint density at radius 3 is 2.77 bits per heavy atom. The molecule has 0 saturated heterocycles. The fourth-order valence-corrected chi connectivity index (χ4v) is 1.15. The molecule has 0 aromatic carbocycles. The molecule has 1 rings (SSSR count). The van der Waals surface area contributed by atoms with Crippen LogP contribution in [0.1, 0.15) is 6.42 Å². The second-order valence-corrected chi connectivity index (χ2v) is 2.79. The van der Waals surface area contributed by atoms with Crippen molar-refractivity contribution in [3.8, 4) is 0 Å². The van der Waals surface area contributed by atoms with Crippen LogP contribution in [0.4, 0.5) is 0 Å². The average Bonchev–Trinajstić information content (AvgIpc) is 2.17. The first-order valence-corrected chi connectivity index (χ1v) is 3.71. The van der Waals surface area contributed by atoms with Crippen molar-refractivity contribution in [3.63, 3.8) is 0 Å². The molecule has 0 bridgehead atoms. The van der Waals surface area contributed by atoms with Gasteiger partial charge in [0, 0.05) is 12.1 Å². The Hall–Kier alpha value is -1.37. The molecule has 6 nitrogen and oxygen atoms in total. The third kappa shape index (κ3) is 1.69. The SMILES string of the molecule is NNC1=CC=CC(NN)(C(=O)O)C1. The Morgan fingerprint density at radius 2 is 2.31 bits per heavy atom. The molecular weight excluding hydrogens is 172 g/mol. The molecule has 0 amide bonds. The van der Waals surface area contributed by atoms with Crippen LogP contribution in [0.2, 0.25) is 0 Å². The van der Waals surface area contributed by atoms with E-state index in [1.165, 1.54) is 6.08 Å². The van der Waals surface area contributed by atoms with Crippen LogP contribution in [-0.4, -0.2) is 16.6 Å². The number of carbonyl (C=O) groups is 1. The zero-order valence-electron chi connectivity index (χ0n) is 6.95. The van der Waals surface area contributed by atoms with Crippen LogP contribution in [0.25, 0.3) is 0 Å². The number of allylic oxidation sites excluding steroid dienone is 2. The van der Waals surface area contributed by atoms with Crippen molar-refractivity contribution in [2.45, 2.75) is 12.0 Å². The van der Waals surface area contributed by atoms with Crippen molar-refractivity contribution >= 4 is 5.97 Å². The predicted molar refractivity (Wildman–Crippen MR) is 46.9 cm³/mol. The molecule has 72 valence electrons. The number of hydrogen-bond acceptors (Lipinski definition) is 5. The van der Waals surface area contributed by atoms with E-state index >= 15 is 0 Å². The summed E-state index contributed by atoms with van der Waals surface area (Å²) in [6, 6.07) is 0. The second-order valence-electron chi connectivity index (χ2n) is 2.79. The lowest BCUT2D eigenvalue weighted by atomic mass is 9.90. The van der Waals surface area contributed by atoms with E-state index in [2.05, 4.69) is 10.9 Å². The zero-order chi connectivity index (χ0) is 9.90. The van der Waals surface area contributed by atoms with Gasteiger partial charge >= 0.3 is 5.97 Å². The monoisotopic (exact) mass is 184 g/mol. The number of nitrogens with one attached hydrogen (secondary N) is 2. The minimum atomic E-state index is -1.25. The lowest BCUT2D eigenvalue weighted by Crippen LogP contribution is -2.55. The fraction of sp³-hybridized carbons (Fsp3) is 0.286. The van der Waals surface area contributed by atoms with E-state index in [1.807, 2.05) is 0 Å². The molecule has 1 aliphatic rings. The first-order valence-electron chi connectivity index (χ1n) is 3.71. The van der Waals surface area contributed by atoms with E-state index in [-0.39, 0.29) is 6.42 Å². The summed E-state index contributed by atoms with van der Waals surface area (Å²) in [5.41, 5.74) is 4.02. The molecule has 0 heterocycles. The summed E-state index contributed by atoms with van der Waals surface area (Å²) in [5, 5.41) is 8.91. The number of hydrazine groups is 2. The summed E-state index contributed by atoms with van der Waals surface area (Å²) in [6.45, 7) is 0. The molecule has 0 aromatic rings. The maximum absolute atomic E-state index is 10.9. The molecule has 0 spiro atoms. The molecule has 1 unspecified atom stereocenters. The van der Waals surface area contributed by atoms with Gasteiger partial charge in [0.15, 0.2) is 5.54 Å². The van der Waals surface area contributed by atoms with Gasteiger partial charge in [0.2, 0.25) is 0 Å². The topological polar surface area (TPSA) is 113 Å². The summed E-state index contributed by atoms with van der Waals surface area (Å²) in [5.74, 6) is 9.31. The molecule has 1 atom stereocenters. The molecular formula is C7H12N4O2. The van der Waals surface area contributed by atoms with E-state index in [9.17, 15) is 4.79 Å². The number of rotatable bonds is 3. The van der Waals surface area contributed by atoms with Crippen molar-refractivity contribution in [2.24, 2.45) is 11.7 Å². The summed E-state index contributed by atoms with van der Waals surface area (Å²) in [4.78, 5) is 10.9. The number of hydrogen-bond donors (Lipinski definition) is 5. The van der Waals surface area contributed by atoms with Crippen LogP contribution in [0.5, 0.6) is 0 Å². The lowest BCUT2D eigenvalue weighted by Gasteiger charge is -2.28. The van der Waals surface area contributed by atoms with E-state index in [4.69, 9.17) is 16.8 Å². The van der Waals surface area contributed by atoms with Crippen molar-refractivity contribution in [1.29, 1.82) is 0 Å². The first-order chi connectivity index (χ1) is 6.14. The molecule has 7 N–H and O–H groups in total. The van der Waals surface area contributed by atoms with Gasteiger partial charge in [0.25, 0.3) is 0 Å². The Kier molecular flexibility index (Phi) is 2.66. The van der Waals surface area contributed by atoms with Gasteiger partial charge in [0.05, 0.1) is 0 Å². The number of carboxylic acids is 1. The molecule has 6 heteroatoms. The van der Waals surface area contributed by atoms with Gasteiger partial charge in [-0.05, 0) is 6.08 Å². The van der Waals surface area contributed by atoms with Crippen molar-refractivity contribution in [2.75, 3.05) is 0 Å². The van der Waals surface area contributed by atoms with Gasteiger partial charge in [-0.2, -0.15) is 0 Å². The zero-order valence-corrected chi connectivity index (χ0v) is 6.95. The van der Waals surface area contributed by atoms with Gasteiger partial charge in [-0.25, -0.2) is 10.2 Å². The van der Waals surface area contributed by atoms with Crippen LogP contribution in [-0.2, 0) is 4.79 Å². The highest BCUT2D eigenvalue weighted by atomic mass is 16.4. The highest BCUT2D eigenvalue weighted by Gasteiger charge is 2.36. The van der Waals surface area contributed by atoms with E-state index < -0.39 is 11.5 Å². The third-order valence-electron chi connectivity index (χ3n) is 1.97. The van der Waals surface area contributed by atoms with Crippen LogP contribution in [0.15, 0.2) is 23.9 Å². The van der Waals surface area contributed by atoms with Gasteiger partial charge in [0.1, 0.15) is 0 Å². The van der Waals surface area contributed by atoms with Gasteiger partial charge < -0.3 is 10.5 Å². The summed E-state index contributed by atoms with van der Waals surface area (Å²) in [6.07, 6.45) is 4.97. The Bertz CT molecular complexity index is 274. The van der Waals surface area contributed by atoms with Gasteiger partial charge in [-0.3, -0.25) is 11.7 Å². The fourth-order valence-electron chi connectivity index (χ4n) is 1.15. The molecule has 1 aliphatic carbocycles. The quantitative estimate of drug-likeness (QED) is 0.272. The van der Waals surface area contributed by atoms with Crippen LogP contribution < -0.4 is 22.5 Å². The molecule has 0 radical (unpaired) electrons. The van der Waals surface area contributed by atoms with Crippen LogP contribution in [0.3, 0.4) is 0 Å². The molecule has 0 aliphatic heterocycles. The largest absolute Gasteiger partial charge is 0.480 e. The minimum absolute atomic E-state index is 0.200. The summed E-state index contributed by atoms with van der Waals surface area (Å²) < 4.78 is 0. The standard InChI is InChI=1S/C7H12N4O2/c8-10-5-2-1-3-7(4-5,11-9)6(12)13/h1-3,10-11H,4,8-9H2,(H,12,13). The Morgan fingerprint density at radius 1 is 1.62 bits per heavy atom. The lowest BCUT2D eigenvalue weighted by molar-refractivity contribution is -0.142.